The van der Waals surface area contributed by atoms with Gasteiger partial charge in [-0.3, -0.25) is 0 Å². The van der Waals surface area contributed by atoms with Crippen LogP contribution in [0.4, 0.5) is 5.95 Å². The lowest BCUT2D eigenvalue weighted by Gasteiger charge is -2.31. The molecule has 1 aromatic rings. The zero-order chi connectivity index (χ0) is 12.3. The Hall–Kier alpha value is -0.650. The van der Waals surface area contributed by atoms with Gasteiger partial charge in [-0.2, -0.15) is 15.0 Å². The van der Waals surface area contributed by atoms with Crippen molar-refractivity contribution in [2.45, 2.75) is 12.8 Å². The molecule has 2 rings (SSSR count). The van der Waals surface area contributed by atoms with Crippen molar-refractivity contribution in [1.29, 1.82) is 0 Å². The first kappa shape index (κ1) is 12.8. The maximum Gasteiger partial charge on any atom is 0.230 e. The fourth-order valence-corrected chi connectivity index (χ4v) is 2.35. The van der Waals surface area contributed by atoms with Gasteiger partial charge in [0.15, 0.2) is 0 Å². The molecule has 7 heteroatoms. The average Bonchev–Trinajstić information content (AvgIpc) is 2.29. The molecule has 17 heavy (non-hydrogen) atoms. The first-order chi connectivity index (χ1) is 8.19. The molecule has 0 aromatic carbocycles. The van der Waals surface area contributed by atoms with Crippen molar-refractivity contribution in [1.82, 2.24) is 15.0 Å². The molecule has 2 heterocycles. The summed E-state index contributed by atoms with van der Waals surface area (Å²) in [5, 5.41) is 0.276. The van der Waals surface area contributed by atoms with Gasteiger partial charge in [-0.05, 0) is 42.0 Å². The van der Waals surface area contributed by atoms with E-state index in [0.717, 1.165) is 32.5 Å². The average molecular weight is 277 g/mol. The van der Waals surface area contributed by atoms with E-state index in [1.54, 1.807) is 7.11 Å². The molecular weight excluding hydrogens is 263 g/mol. The third kappa shape index (κ3) is 3.40. The normalized spacial score (nSPS) is 17.5. The molecule has 0 N–H and O–H groups in total. The molecular formula is C10H14Cl2N4O. The standard InChI is InChI=1S/C10H14Cl2N4O/c1-17-6-7-2-4-16(5-3-7)10-14-8(11)13-9(12)15-10/h7H,2-6H2,1H3. The van der Waals surface area contributed by atoms with E-state index in [4.69, 9.17) is 27.9 Å². The summed E-state index contributed by atoms with van der Waals surface area (Å²) in [7, 11) is 1.73. The van der Waals surface area contributed by atoms with E-state index in [0.29, 0.717) is 11.9 Å². The number of piperidine rings is 1. The Morgan fingerprint density at radius 1 is 1.18 bits per heavy atom. The van der Waals surface area contributed by atoms with Gasteiger partial charge in [0.2, 0.25) is 16.5 Å². The number of aromatic nitrogens is 3. The number of hydrogen-bond donors (Lipinski definition) is 0. The summed E-state index contributed by atoms with van der Waals surface area (Å²) < 4.78 is 5.16. The molecule has 0 amide bonds. The number of hydrogen-bond acceptors (Lipinski definition) is 5. The number of nitrogens with zero attached hydrogens (tertiary/aromatic N) is 4. The SMILES string of the molecule is COCC1CCN(c2nc(Cl)nc(Cl)n2)CC1. The van der Waals surface area contributed by atoms with Gasteiger partial charge in [0, 0.05) is 26.8 Å². The number of halogens is 2. The maximum atomic E-state index is 5.75. The lowest BCUT2D eigenvalue weighted by molar-refractivity contribution is 0.139. The van der Waals surface area contributed by atoms with Crippen molar-refractivity contribution in [3.63, 3.8) is 0 Å². The summed E-state index contributed by atoms with van der Waals surface area (Å²) in [6, 6.07) is 0. The highest BCUT2D eigenvalue weighted by molar-refractivity contribution is 6.31. The number of anilines is 1. The molecule has 5 nitrogen and oxygen atoms in total. The monoisotopic (exact) mass is 276 g/mol. The second-order valence-electron chi connectivity index (χ2n) is 4.06. The van der Waals surface area contributed by atoms with Gasteiger partial charge in [0.1, 0.15) is 0 Å². The molecule has 0 unspecified atom stereocenters. The smallest absolute Gasteiger partial charge is 0.230 e. The Kier molecular flexibility index (Phi) is 4.36. The topological polar surface area (TPSA) is 51.1 Å². The molecule has 0 saturated carbocycles. The summed E-state index contributed by atoms with van der Waals surface area (Å²) in [6.07, 6.45) is 2.13. The van der Waals surface area contributed by atoms with Crippen LogP contribution in [-0.4, -0.2) is 41.8 Å². The molecule has 1 fully saturated rings. The van der Waals surface area contributed by atoms with Crippen LogP contribution in [0.1, 0.15) is 12.8 Å². The van der Waals surface area contributed by atoms with Gasteiger partial charge in [0.25, 0.3) is 0 Å². The molecule has 1 aliphatic rings. The van der Waals surface area contributed by atoms with Gasteiger partial charge < -0.3 is 9.64 Å². The van der Waals surface area contributed by atoms with E-state index in [1.807, 2.05) is 0 Å². The minimum Gasteiger partial charge on any atom is -0.384 e. The highest BCUT2D eigenvalue weighted by atomic mass is 35.5. The molecule has 0 spiro atoms. The van der Waals surface area contributed by atoms with Crippen LogP contribution in [-0.2, 0) is 4.74 Å². The Morgan fingerprint density at radius 3 is 2.29 bits per heavy atom. The van der Waals surface area contributed by atoms with Crippen LogP contribution >= 0.6 is 23.2 Å². The molecule has 0 radical (unpaired) electrons. The predicted molar refractivity (Wildman–Crippen MR) is 66.7 cm³/mol. The third-order valence-electron chi connectivity index (χ3n) is 2.87. The van der Waals surface area contributed by atoms with Gasteiger partial charge in [-0.1, -0.05) is 0 Å². The minimum absolute atomic E-state index is 0.138. The molecule has 1 aromatic heterocycles. The molecule has 1 aliphatic heterocycles. The fourth-order valence-electron chi connectivity index (χ4n) is 1.99. The van der Waals surface area contributed by atoms with E-state index < -0.39 is 0 Å². The quantitative estimate of drug-likeness (QED) is 0.846. The van der Waals surface area contributed by atoms with Crippen LogP contribution < -0.4 is 4.90 Å². The Balaban J connectivity index is 2.00. The van der Waals surface area contributed by atoms with Crippen molar-refractivity contribution in [2.75, 3.05) is 31.7 Å². The van der Waals surface area contributed by atoms with Crippen LogP contribution in [0.2, 0.25) is 10.6 Å². The second kappa shape index (κ2) is 5.80. The van der Waals surface area contributed by atoms with Crippen molar-refractivity contribution in [3.05, 3.63) is 10.6 Å². The van der Waals surface area contributed by atoms with Gasteiger partial charge in [-0.25, -0.2) is 0 Å². The Labute approximate surface area is 110 Å². The Bertz CT molecular complexity index is 362. The molecule has 1 saturated heterocycles. The second-order valence-corrected chi connectivity index (χ2v) is 4.74. The van der Waals surface area contributed by atoms with Crippen LogP contribution in [0.5, 0.6) is 0 Å². The molecule has 0 atom stereocenters. The van der Waals surface area contributed by atoms with E-state index in [-0.39, 0.29) is 10.6 Å². The van der Waals surface area contributed by atoms with Crippen molar-refractivity contribution in [2.24, 2.45) is 5.92 Å². The van der Waals surface area contributed by atoms with Gasteiger partial charge in [0.05, 0.1) is 0 Å². The van der Waals surface area contributed by atoms with E-state index in [2.05, 4.69) is 19.9 Å². The predicted octanol–water partition coefficient (Wildman–Crippen LogP) is 2.04. The summed E-state index contributed by atoms with van der Waals surface area (Å²) in [6.45, 7) is 2.60. The van der Waals surface area contributed by atoms with Crippen LogP contribution in [0.15, 0.2) is 0 Å². The van der Waals surface area contributed by atoms with Crippen LogP contribution in [0.25, 0.3) is 0 Å². The highest BCUT2D eigenvalue weighted by Gasteiger charge is 2.21. The number of methoxy groups -OCH3 is 1. The van der Waals surface area contributed by atoms with E-state index >= 15 is 0 Å². The summed E-state index contributed by atoms with van der Waals surface area (Å²) in [4.78, 5) is 14.0. The van der Waals surface area contributed by atoms with Crippen LogP contribution in [0.3, 0.4) is 0 Å². The zero-order valence-electron chi connectivity index (χ0n) is 9.57. The lowest BCUT2D eigenvalue weighted by Crippen LogP contribution is -2.36. The minimum atomic E-state index is 0.138. The van der Waals surface area contributed by atoms with E-state index in [9.17, 15) is 0 Å². The third-order valence-corrected chi connectivity index (χ3v) is 3.21. The summed E-state index contributed by atoms with van der Waals surface area (Å²) >= 11 is 11.5. The molecule has 0 bridgehead atoms. The highest BCUT2D eigenvalue weighted by Crippen LogP contribution is 2.22. The largest absolute Gasteiger partial charge is 0.384 e. The van der Waals surface area contributed by atoms with E-state index in [1.165, 1.54) is 0 Å². The summed E-state index contributed by atoms with van der Waals surface area (Å²) in [5.74, 6) is 1.18. The van der Waals surface area contributed by atoms with Crippen molar-refractivity contribution >= 4 is 29.2 Å². The van der Waals surface area contributed by atoms with Crippen LogP contribution in [0, 0.1) is 5.92 Å². The maximum absolute atomic E-state index is 5.75. The number of rotatable bonds is 3. The molecule has 0 aliphatic carbocycles. The van der Waals surface area contributed by atoms with Gasteiger partial charge in [-0.15, -0.1) is 0 Å². The fraction of sp³-hybridized carbons (Fsp3) is 0.700. The summed E-state index contributed by atoms with van der Waals surface area (Å²) in [5.41, 5.74) is 0. The zero-order valence-corrected chi connectivity index (χ0v) is 11.1. The van der Waals surface area contributed by atoms with Crippen molar-refractivity contribution in [3.8, 4) is 0 Å². The first-order valence-electron chi connectivity index (χ1n) is 5.50. The first-order valence-corrected chi connectivity index (χ1v) is 6.25. The molecule has 94 valence electrons. The Morgan fingerprint density at radius 2 is 1.76 bits per heavy atom. The number of ether oxygens (including phenoxy) is 1. The lowest BCUT2D eigenvalue weighted by atomic mass is 9.98. The van der Waals surface area contributed by atoms with Crippen molar-refractivity contribution < 1.29 is 4.74 Å². The van der Waals surface area contributed by atoms with Gasteiger partial charge >= 0.3 is 0 Å².